The van der Waals surface area contributed by atoms with Gasteiger partial charge in [-0.15, -0.1) is 0 Å². The smallest absolute Gasteiger partial charge is 0.315 e. The molecule has 0 radical (unpaired) electrons. The highest BCUT2D eigenvalue weighted by atomic mass is 32.2. The van der Waals surface area contributed by atoms with Crippen molar-refractivity contribution in [1.82, 2.24) is 4.31 Å². The second kappa shape index (κ2) is 6.98. The summed E-state index contributed by atoms with van der Waals surface area (Å²) in [6.07, 6.45) is 0. The number of methoxy groups -OCH3 is 2. The molecule has 3 rings (SSSR count). The van der Waals surface area contributed by atoms with Gasteiger partial charge in [-0.25, -0.2) is 8.42 Å². The van der Waals surface area contributed by atoms with Gasteiger partial charge in [0.1, 0.15) is 5.75 Å². The second-order valence-electron chi connectivity index (χ2n) is 7.06. The van der Waals surface area contributed by atoms with Crippen molar-refractivity contribution in [2.24, 2.45) is 0 Å². The van der Waals surface area contributed by atoms with Crippen molar-refractivity contribution in [1.29, 1.82) is 0 Å². The Kier molecular flexibility index (Phi) is 5.01. The van der Waals surface area contributed by atoms with Gasteiger partial charge in [-0.1, -0.05) is 24.3 Å². The van der Waals surface area contributed by atoms with Crippen LogP contribution in [-0.4, -0.2) is 32.9 Å². The van der Waals surface area contributed by atoms with Crippen LogP contribution in [0.15, 0.2) is 47.4 Å². The Balaban J connectivity index is 1.90. The van der Waals surface area contributed by atoms with E-state index in [4.69, 9.17) is 9.47 Å². The van der Waals surface area contributed by atoms with Crippen LogP contribution in [0.25, 0.3) is 0 Å². The van der Waals surface area contributed by atoms with Gasteiger partial charge in [0.25, 0.3) is 0 Å². The molecule has 0 N–H and O–H groups in total. The SMILES string of the molecule is COC(=O)C(C)(C)c1ccc2c(c1)S(=O)(=O)N(Cc1ccc(OC)cc1)C2. The molecular weight excluding hydrogens is 366 g/mol. The lowest BCUT2D eigenvalue weighted by Crippen LogP contribution is -2.30. The van der Waals surface area contributed by atoms with Gasteiger partial charge in [-0.3, -0.25) is 4.79 Å². The van der Waals surface area contributed by atoms with Crippen molar-refractivity contribution < 1.29 is 22.7 Å². The predicted octanol–water partition coefficient (Wildman–Crippen LogP) is 2.85. The minimum Gasteiger partial charge on any atom is -0.497 e. The zero-order chi connectivity index (χ0) is 19.8. The van der Waals surface area contributed by atoms with E-state index in [-0.39, 0.29) is 11.4 Å². The van der Waals surface area contributed by atoms with E-state index in [1.165, 1.54) is 11.4 Å². The van der Waals surface area contributed by atoms with Crippen LogP contribution in [0.1, 0.15) is 30.5 Å². The van der Waals surface area contributed by atoms with Gasteiger partial charge in [0, 0.05) is 13.1 Å². The Hall–Kier alpha value is -2.38. The maximum atomic E-state index is 13.0. The minimum absolute atomic E-state index is 0.255. The maximum absolute atomic E-state index is 13.0. The van der Waals surface area contributed by atoms with Crippen molar-refractivity contribution >= 4 is 16.0 Å². The van der Waals surface area contributed by atoms with Crippen LogP contribution < -0.4 is 4.74 Å². The highest BCUT2D eigenvalue weighted by Gasteiger charge is 2.38. The summed E-state index contributed by atoms with van der Waals surface area (Å²) in [6, 6.07) is 12.5. The van der Waals surface area contributed by atoms with E-state index in [1.54, 1.807) is 39.2 Å². The van der Waals surface area contributed by atoms with E-state index in [0.29, 0.717) is 12.1 Å². The maximum Gasteiger partial charge on any atom is 0.315 e. The first-order valence-corrected chi connectivity index (χ1v) is 9.99. The van der Waals surface area contributed by atoms with Crippen molar-refractivity contribution in [2.45, 2.75) is 37.2 Å². The zero-order valence-corrected chi connectivity index (χ0v) is 16.7. The van der Waals surface area contributed by atoms with E-state index >= 15 is 0 Å². The Morgan fingerprint density at radius 1 is 1.11 bits per heavy atom. The third kappa shape index (κ3) is 3.44. The fourth-order valence-corrected chi connectivity index (χ4v) is 4.82. The molecule has 2 aromatic carbocycles. The fourth-order valence-electron chi connectivity index (χ4n) is 3.18. The van der Waals surface area contributed by atoms with Gasteiger partial charge in [0.05, 0.1) is 24.5 Å². The summed E-state index contributed by atoms with van der Waals surface area (Å²) in [5.41, 5.74) is 1.29. The van der Waals surface area contributed by atoms with E-state index in [0.717, 1.165) is 16.9 Å². The monoisotopic (exact) mass is 389 g/mol. The Labute approximate surface area is 159 Å². The Morgan fingerprint density at radius 2 is 1.78 bits per heavy atom. The van der Waals surface area contributed by atoms with Gasteiger partial charge in [0.15, 0.2) is 0 Å². The van der Waals surface area contributed by atoms with Gasteiger partial charge >= 0.3 is 5.97 Å². The lowest BCUT2D eigenvalue weighted by Gasteiger charge is -2.22. The summed E-state index contributed by atoms with van der Waals surface area (Å²) in [5, 5.41) is 0. The standard InChI is InChI=1S/C20H23NO5S/c1-20(2,19(22)26-4)16-8-7-15-13-21(27(23,24)18(15)11-16)12-14-5-9-17(25-3)10-6-14/h5-11H,12-13H2,1-4H3. The van der Waals surface area contributed by atoms with Crippen LogP contribution in [0.3, 0.4) is 0 Å². The number of benzene rings is 2. The molecule has 0 aliphatic carbocycles. The third-order valence-corrected chi connectivity index (χ3v) is 6.84. The molecule has 1 aliphatic rings. The molecule has 0 amide bonds. The highest BCUT2D eigenvalue weighted by molar-refractivity contribution is 7.89. The molecule has 27 heavy (non-hydrogen) atoms. The first kappa shape index (κ1) is 19.4. The molecule has 0 fully saturated rings. The molecule has 0 saturated heterocycles. The van der Waals surface area contributed by atoms with Crippen molar-refractivity contribution in [3.63, 3.8) is 0 Å². The predicted molar refractivity (Wildman–Crippen MR) is 101 cm³/mol. The first-order chi connectivity index (χ1) is 12.7. The molecule has 7 heteroatoms. The molecule has 0 unspecified atom stereocenters. The fraction of sp³-hybridized carbons (Fsp3) is 0.350. The number of rotatable bonds is 5. The molecule has 0 spiro atoms. The molecule has 0 atom stereocenters. The number of esters is 1. The van der Waals surface area contributed by atoms with Gasteiger partial charge < -0.3 is 9.47 Å². The Bertz CT molecular complexity index is 964. The van der Waals surface area contributed by atoms with Crippen LogP contribution >= 0.6 is 0 Å². The van der Waals surface area contributed by atoms with E-state index in [1.807, 2.05) is 24.3 Å². The molecular formula is C20H23NO5S. The molecule has 1 aliphatic heterocycles. The summed E-state index contributed by atoms with van der Waals surface area (Å²) >= 11 is 0. The zero-order valence-electron chi connectivity index (χ0n) is 15.9. The topological polar surface area (TPSA) is 72.9 Å². The van der Waals surface area contributed by atoms with E-state index in [9.17, 15) is 13.2 Å². The number of hydrogen-bond donors (Lipinski definition) is 0. The van der Waals surface area contributed by atoms with Gasteiger partial charge in [-0.05, 0) is 48.7 Å². The largest absolute Gasteiger partial charge is 0.497 e. The van der Waals surface area contributed by atoms with Crippen molar-refractivity contribution in [2.75, 3.05) is 14.2 Å². The molecule has 0 saturated carbocycles. The quantitative estimate of drug-likeness (QED) is 0.735. The minimum atomic E-state index is -3.63. The number of nitrogens with zero attached hydrogens (tertiary/aromatic N) is 1. The van der Waals surface area contributed by atoms with Crippen LogP contribution in [0.2, 0.25) is 0 Å². The van der Waals surface area contributed by atoms with Crippen LogP contribution in [0.5, 0.6) is 5.75 Å². The summed E-state index contributed by atoms with van der Waals surface area (Å²) in [4.78, 5) is 12.3. The van der Waals surface area contributed by atoms with Crippen LogP contribution in [-0.2, 0) is 38.1 Å². The van der Waals surface area contributed by atoms with Gasteiger partial charge in [-0.2, -0.15) is 4.31 Å². The number of hydrogen-bond acceptors (Lipinski definition) is 5. The van der Waals surface area contributed by atoms with Crippen molar-refractivity contribution in [3.05, 3.63) is 59.2 Å². The second-order valence-corrected chi connectivity index (χ2v) is 8.97. The summed E-state index contributed by atoms with van der Waals surface area (Å²) in [5.74, 6) is 0.314. The number of sulfonamides is 1. The van der Waals surface area contributed by atoms with Crippen LogP contribution in [0, 0.1) is 0 Å². The third-order valence-electron chi connectivity index (χ3n) is 4.97. The molecule has 144 valence electrons. The number of carbonyl (C=O) groups is 1. The molecule has 0 bridgehead atoms. The Morgan fingerprint density at radius 3 is 2.37 bits per heavy atom. The summed E-state index contributed by atoms with van der Waals surface area (Å²) in [7, 11) is -0.714. The van der Waals surface area contributed by atoms with E-state index in [2.05, 4.69) is 0 Å². The van der Waals surface area contributed by atoms with Crippen molar-refractivity contribution in [3.8, 4) is 5.75 Å². The molecule has 2 aromatic rings. The average Bonchev–Trinajstić information content (AvgIpc) is 2.91. The normalized spacial score (nSPS) is 16.0. The summed E-state index contributed by atoms with van der Waals surface area (Å²) in [6.45, 7) is 4.02. The van der Waals surface area contributed by atoms with Crippen LogP contribution in [0.4, 0.5) is 0 Å². The number of ether oxygens (including phenoxy) is 2. The summed E-state index contributed by atoms with van der Waals surface area (Å²) < 4.78 is 37.5. The number of carbonyl (C=O) groups excluding carboxylic acids is 1. The lowest BCUT2D eigenvalue weighted by atomic mass is 9.84. The lowest BCUT2D eigenvalue weighted by molar-refractivity contribution is -0.146. The molecule has 1 heterocycles. The average molecular weight is 389 g/mol. The van der Waals surface area contributed by atoms with E-state index < -0.39 is 21.4 Å². The number of fused-ring (bicyclic) bond motifs is 1. The highest BCUT2D eigenvalue weighted by Crippen LogP contribution is 2.35. The van der Waals surface area contributed by atoms with Gasteiger partial charge in [0.2, 0.25) is 10.0 Å². The molecule has 0 aromatic heterocycles. The first-order valence-electron chi connectivity index (χ1n) is 8.55. The molecule has 6 nitrogen and oxygen atoms in total.